The molecule has 0 bridgehead atoms. The standard InChI is InChI=1S/C10H12N2O5/c1-2-5-16-10(15)11-4-3-7-6-8(9(13)14)12-17-7/h2,6H,1,3-5H2,(H,11,15)(H,13,14). The van der Waals surface area contributed by atoms with Crippen molar-refractivity contribution in [3.05, 3.63) is 30.2 Å². The Hall–Kier alpha value is -2.31. The Morgan fingerprint density at radius 2 is 2.41 bits per heavy atom. The average molecular weight is 240 g/mol. The van der Waals surface area contributed by atoms with E-state index < -0.39 is 12.1 Å². The lowest BCUT2D eigenvalue weighted by atomic mass is 10.3. The SMILES string of the molecule is C=CCOC(=O)NCCc1cc(C(=O)O)no1. The van der Waals surface area contributed by atoms with E-state index in [0.717, 1.165) is 0 Å². The molecule has 17 heavy (non-hydrogen) atoms. The summed E-state index contributed by atoms with van der Waals surface area (Å²) in [5.74, 6) is -0.773. The van der Waals surface area contributed by atoms with Gasteiger partial charge in [0.25, 0.3) is 0 Å². The summed E-state index contributed by atoms with van der Waals surface area (Å²) in [6.07, 6.45) is 1.22. The van der Waals surface area contributed by atoms with Crippen molar-refractivity contribution in [3.8, 4) is 0 Å². The molecule has 7 heteroatoms. The number of ether oxygens (including phenoxy) is 1. The van der Waals surface area contributed by atoms with Crippen LogP contribution in [-0.4, -0.2) is 35.5 Å². The van der Waals surface area contributed by atoms with Crippen LogP contribution in [0, 0.1) is 0 Å². The van der Waals surface area contributed by atoms with Gasteiger partial charge in [0.15, 0.2) is 5.69 Å². The van der Waals surface area contributed by atoms with Crippen molar-refractivity contribution in [3.63, 3.8) is 0 Å². The van der Waals surface area contributed by atoms with Crippen molar-refractivity contribution in [1.29, 1.82) is 0 Å². The molecule has 7 nitrogen and oxygen atoms in total. The third kappa shape index (κ3) is 4.37. The average Bonchev–Trinajstić information content (AvgIpc) is 2.75. The lowest BCUT2D eigenvalue weighted by Crippen LogP contribution is -2.26. The highest BCUT2D eigenvalue weighted by molar-refractivity contribution is 5.85. The normalized spacial score (nSPS) is 9.65. The van der Waals surface area contributed by atoms with Crippen LogP contribution in [0.2, 0.25) is 0 Å². The minimum absolute atomic E-state index is 0.136. The number of amides is 1. The van der Waals surface area contributed by atoms with Crippen LogP contribution in [0.1, 0.15) is 16.2 Å². The monoisotopic (exact) mass is 240 g/mol. The minimum Gasteiger partial charge on any atom is -0.476 e. The molecule has 0 atom stereocenters. The van der Waals surface area contributed by atoms with Gasteiger partial charge in [-0.15, -0.1) is 0 Å². The van der Waals surface area contributed by atoms with Crippen LogP contribution in [0.5, 0.6) is 0 Å². The van der Waals surface area contributed by atoms with Gasteiger partial charge < -0.3 is 19.7 Å². The number of rotatable bonds is 6. The van der Waals surface area contributed by atoms with Crippen molar-refractivity contribution in [1.82, 2.24) is 10.5 Å². The predicted molar refractivity (Wildman–Crippen MR) is 56.7 cm³/mol. The second kappa shape index (κ2) is 6.31. The molecule has 0 fully saturated rings. The molecule has 0 radical (unpaired) electrons. The van der Waals surface area contributed by atoms with E-state index >= 15 is 0 Å². The molecule has 2 N–H and O–H groups in total. The molecule has 1 heterocycles. The first kappa shape index (κ1) is 12.8. The predicted octanol–water partition coefficient (Wildman–Crippen LogP) is 0.828. The smallest absolute Gasteiger partial charge is 0.407 e. The Balaban J connectivity index is 2.28. The van der Waals surface area contributed by atoms with Gasteiger partial charge in [-0.3, -0.25) is 0 Å². The van der Waals surface area contributed by atoms with E-state index in [9.17, 15) is 9.59 Å². The first-order valence-electron chi connectivity index (χ1n) is 4.84. The number of carboxylic acid groups (broad SMARTS) is 1. The topological polar surface area (TPSA) is 102 Å². The van der Waals surface area contributed by atoms with Crippen LogP contribution in [0.25, 0.3) is 0 Å². The van der Waals surface area contributed by atoms with E-state index in [4.69, 9.17) is 9.63 Å². The summed E-state index contributed by atoms with van der Waals surface area (Å²) < 4.78 is 9.41. The van der Waals surface area contributed by atoms with E-state index in [1.54, 1.807) is 0 Å². The summed E-state index contributed by atoms with van der Waals surface area (Å²) in [5, 5.41) is 14.4. The van der Waals surface area contributed by atoms with Gasteiger partial charge in [0.2, 0.25) is 0 Å². The van der Waals surface area contributed by atoms with Crippen molar-refractivity contribution < 1.29 is 24.0 Å². The molecular weight excluding hydrogens is 228 g/mol. The molecule has 92 valence electrons. The summed E-state index contributed by atoms with van der Waals surface area (Å²) in [5.41, 5.74) is -0.158. The Bertz CT molecular complexity index is 413. The van der Waals surface area contributed by atoms with Gasteiger partial charge in [-0.25, -0.2) is 9.59 Å². The highest BCUT2D eigenvalue weighted by atomic mass is 16.5. The molecule has 0 spiro atoms. The number of carboxylic acids is 1. The number of nitrogens with one attached hydrogen (secondary N) is 1. The van der Waals surface area contributed by atoms with Crippen molar-refractivity contribution in [2.45, 2.75) is 6.42 Å². The van der Waals surface area contributed by atoms with E-state index in [1.165, 1.54) is 12.1 Å². The molecule has 0 unspecified atom stereocenters. The second-order valence-electron chi connectivity index (χ2n) is 3.05. The fraction of sp³-hybridized carbons (Fsp3) is 0.300. The molecule has 0 saturated heterocycles. The molecule has 0 saturated carbocycles. The maximum absolute atomic E-state index is 11.0. The molecule has 1 rings (SSSR count). The first-order valence-corrected chi connectivity index (χ1v) is 4.84. The second-order valence-corrected chi connectivity index (χ2v) is 3.05. The third-order valence-corrected chi connectivity index (χ3v) is 1.75. The molecular formula is C10H12N2O5. The van der Waals surface area contributed by atoms with Gasteiger partial charge >= 0.3 is 12.1 Å². The van der Waals surface area contributed by atoms with Crippen LogP contribution in [0.3, 0.4) is 0 Å². The number of alkyl carbamates (subject to hydrolysis) is 1. The summed E-state index contributed by atoms with van der Waals surface area (Å²) in [4.78, 5) is 21.5. The van der Waals surface area contributed by atoms with Crippen molar-refractivity contribution in [2.75, 3.05) is 13.2 Å². The fourth-order valence-electron chi connectivity index (χ4n) is 1.00. The van der Waals surface area contributed by atoms with Crippen molar-refractivity contribution in [2.24, 2.45) is 0 Å². The van der Waals surface area contributed by atoms with Gasteiger partial charge in [0.1, 0.15) is 12.4 Å². The van der Waals surface area contributed by atoms with E-state index in [-0.39, 0.29) is 18.8 Å². The Morgan fingerprint density at radius 3 is 3.00 bits per heavy atom. The van der Waals surface area contributed by atoms with Gasteiger partial charge in [0, 0.05) is 19.0 Å². The number of hydrogen-bond donors (Lipinski definition) is 2. The lowest BCUT2D eigenvalue weighted by molar-refractivity contribution is 0.0685. The Kier molecular flexibility index (Phi) is 4.74. The highest BCUT2D eigenvalue weighted by Crippen LogP contribution is 2.03. The quantitative estimate of drug-likeness (QED) is 0.714. The Morgan fingerprint density at radius 1 is 1.65 bits per heavy atom. The summed E-state index contributed by atoms with van der Waals surface area (Å²) >= 11 is 0. The van der Waals surface area contributed by atoms with Crippen LogP contribution in [0.4, 0.5) is 4.79 Å². The fourth-order valence-corrected chi connectivity index (χ4v) is 1.00. The minimum atomic E-state index is -1.15. The van der Waals surface area contributed by atoms with Gasteiger partial charge in [-0.2, -0.15) is 0 Å². The van der Waals surface area contributed by atoms with Crippen LogP contribution >= 0.6 is 0 Å². The number of carbonyl (C=O) groups excluding carboxylic acids is 1. The molecule has 0 aliphatic heterocycles. The Labute approximate surface area is 97.0 Å². The molecule has 0 aliphatic carbocycles. The van der Waals surface area contributed by atoms with E-state index in [0.29, 0.717) is 12.2 Å². The summed E-state index contributed by atoms with van der Waals surface area (Å²) in [6.45, 7) is 3.80. The van der Waals surface area contributed by atoms with E-state index in [2.05, 4.69) is 21.8 Å². The summed E-state index contributed by atoms with van der Waals surface area (Å²) in [7, 11) is 0. The van der Waals surface area contributed by atoms with Crippen molar-refractivity contribution >= 4 is 12.1 Å². The number of aromatic carboxylic acids is 1. The third-order valence-electron chi connectivity index (χ3n) is 1.75. The first-order chi connectivity index (χ1) is 8.13. The largest absolute Gasteiger partial charge is 0.476 e. The molecule has 0 aromatic carbocycles. The number of aromatic nitrogens is 1. The maximum Gasteiger partial charge on any atom is 0.407 e. The maximum atomic E-state index is 11.0. The zero-order chi connectivity index (χ0) is 12.7. The number of carbonyl (C=O) groups is 2. The van der Waals surface area contributed by atoms with Crippen LogP contribution < -0.4 is 5.32 Å². The lowest BCUT2D eigenvalue weighted by Gasteiger charge is -2.02. The number of nitrogens with zero attached hydrogens (tertiary/aromatic N) is 1. The van der Waals surface area contributed by atoms with Crippen LogP contribution in [0.15, 0.2) is 23.2 Å². The molecule has 0 aliphatic rings. The zero-order valence-corrected chi connectivity index (χ0v) is 9.01. The molecule has 1 aromatic rings. The summed E-state index contributed by atoms with van der Waals surface area (Å²) in [6, 6.07) is 1.30. The van der Waals surface area contributed by atoms with Gasteiger partial charge in [-0.05, 0) is 0 Å². The van der Waals surface area contributed by atoms with Gasteiger partial charge in [-0.1, -0.05) is 17.8 Å². The molecule has 1 amide bonds. The number of hydrogen-bond acceptors (Lipinski definition) is 5. The van der Waals surface area contributed by atoms with Gasteiger partial charge in [0.05, 0.1) is 0 Å². The molecule has 1 aromatic heterocycles. The van der Waals surface area contributed by atoms with Crippen LogP contribution in [-0.2, 0) is 11.2 Å². The zero-order valence-electron chi connectivity index (χ0n) is 9.01. The van der Waals surface area contributed by atoms with E-state index in [1.807, 2.05) is 0 Å². The highest BCUT2D eigenvalue weighted by Gasteiger charge is 2.10.